The maximum Gasteiger partial charge on any atom is 0.209 e. The van der Waals surface area contributed by atoms with Gasteiger partial charge < -0.3 is 0 Å². The molecule has 0 N–H and O–H groups in total. The molecule has 106 valence electrons. The molecular formula is C14H20N4SSi. The number of benzene rings is 1. The van der Waals surface area contributed by atoms with Crippen LogP contribution in [0.5, 0.6) is 0 Å². The molecule has 0 atom stereocenters. The lowest BCUT2D eigenvalue weighted by molar-refractivity contribution is 0.565. The maximum atomic E-state index is 4.12. The zero-order chi connectivity index (χ0) is 14.2. The predicted octanol–water partition coefficient (Wildman–Crippen LogP) is 2.85. The molecule has 0 bridgehead atoms. The highest BCUT2D eigenvalue weighted by atomic mass is 32.2. The van der Waals surface area contributed by atoms with Crippen LogP contribution in [0.1, 0.15) is 24.4 Å². The Balaban J connectivity index is 1.65. The van der Waals surface area contributed by atoms with Gasteiger partial charge >= 0.3 is 0 Å². The first-order valence-electron chi connectivity index (χ1n) is 7.04. The van der Waals surface area contributed by atoms with E-state index < -0.39 is 8.07 Å². The van der Waals surface area contributed by atoms with Crippen LogP contribution in [-0.2, 0) is 5.75 Å². The number of nitrogens with zero attached hydrogens (tertiary/aromatic N) is 4. The van der Waals surface area contributed by atoms with Crippen LogP contribution in [0.2, 0.25) is 19.6 Å². The van der Waals surface area contributed by atoms with Gasteiger partial charge in [0.1, 0.15) is 0 Å². The SMILES string of the molecule is C[Si](C)(C)c1ccc(CSc2nnnn2C2CC2)cc1. The van der Waals surface area contributed by atoms with Crippen molar-refractivity contribution in [1.82, 2.24) is 20.2 Å². The molecule has 3 rings (SSSR count). The third-order valence-electron chi connectivity index (χ3n) is 3.54. The van der Waals surface area contributed by atoms with Crippen LogP contribution in [-0.4, -0.2) is 28.3 Å². The molecule has 20 heavy (non-hydrogen) atoms. The summed E-state index contributed by atoms with van der Waals surface area (Å²) in [5, 5.41) is 14.4. The van der Waals surface area contributed by atoms with E-state index in [-0.39, 0.29) is 0 Å². The van der Waals surface area contributed by atoms with Crippen LogP contribution in [0.25, 0.3) is 0 Å². The molecule has 0 unspecified atom stereocenters. The number of hydrogen-bond acceptors (Lipinski definition) is 4. The molecule has 1 aromatic heterocycles. The Morgan fingerprint density at radius 3 is 2.50 bits per heavy atom. The van der Waals surface area contributed by atoms with Crippen molar-refractivity contribution < 1.29 is 0 Å². The highest BCUT2D eigenvalue weighted by Crippen LogP contribution is 2.36. The van der Waals surface area contributed by atoms with Gasteiger partial charge in [-0.15, -0.1) is 5.10 Å². The van der Waals surface area contributed by atoms with E-state index in [1.807, 2.05) is 4.68 Å². The molecule has 0 amide bonds. The third-order valence-corrected chi connectivity index (χ3v) is 6.61. The summed E-state index contributed by atoms with van der Waals surface area (Å²) in [6.45, 7) is 7.13. The van der Waals surface area contributed by atoms with Gasteiger partial charge in [0.2, 0.25) is 5.16 Å². The minimum absolute atomic E-state index is 0.543. The van der Waals surface area contributed by atoms with Crippen molar-refractivity contribution in [3.05, 3.63) is 29.8 Å². The molecule has 0 spiro atoms. The summed E-state index contributed by atoms with van der Waals surface area (Å²) in [4.78, 5) is 0. The van der Waals surface area contributed by atoms with E-state index in [1.165, 1.54) is 23.6 Å². The van der Waals surface area contributed by atoms with E-state index >= 15 is 0 Å². The van der Waals surface area contributed by atoms with E-state index in [9.17, 15) is 0 Å². The van der Waals surface area contributed by atoms with Crippen molar-refractivity contribution >= 4 is 25.0 Å². The van der Waals surface area contributed by atoms with Gasteiger partial charge in [0.05, 0.1) is 14.1 Å². The normalized spacial score (nSPS) is 15.6. The lowest BCUT2D eigenvalue weighted by atomic mass is 10.2. The van der Waals surface area contributed by atoms with Crippen molar-refractivity contribution in [2.75, 3.05) is 0 Å². The maximum absolute atomic E-state index is 4.12. The van der Waals surface area contributed by atoms with Gasteiger partial charge in [-0.25, -0.2) is 4.68 Å². The van der Waals surface area contributed by atoms with Crippen molar-refractivity contribution in [3.63, 3.8) is 0 Å². The van der Waals surface area contributed by atoms with Crippen LogP contribution in [0.3, 0.4) is 0 Å². The molecule has 1 heterocycles. The van der Waals surface area contributed by atoms with E-state index in [4.69, 9.17) is 0 Å². The monoisotopic (exact) mass is 304 g/mol. The van der Waals surface area contributed by atoms with Crippen LogP contribution < -0.4 is 5.19 Å². The molecule has 1 aliphatic rings. The van der Waals surface area contributed by atoms with E-state index in [1.54, 1.807) is 11.8 Å². The van der Waals surface area contributed by atoms with Crippen LogP contribution in [0.15, 0.2) is 29.4 Å². The molecule has 0 aliphatic heterocycles. The van der Waals surface area contributed by atoms with Gasteiger partial charge in [-0.2, -0.15) is 0 Å². The Hall–Kier alpha value is -1.14. The van der Waals surface area contributed by atoms with Gasteiger partial charge in [0, 0.05) is 5.75 Å². The molecule has 4 nitrogen and oxygen atoms in total. The predicted molar refractivity (Wildman–Crippen MR) is 85.1 cm³/mol. The minimum Gasteiger partial charge on any atom is -0.217 e. The van der Waals surface area contributed by atoms with Crippen molar-refractivity contribution in [2.45, 2.75) is 49.4 Å². The second kappa shape index (κ2) is 5.33. The number of thioether (sulfide) groups is 1. The molecular weight excluding hydrogens is 284 g/mol. The fourth-order valence-electron chi connectivity index (χ4n) is 2.08. The fourth-order valence-corrected chi connectivity index (χ4v) is 4.14. The Bertz CT molecular complexity index is 584. The zero-order valence-electron chi connectivity index (χ0n) is 12.2. The Labute approximate surface area is 125 Å². The number of tetrazole rings is 1. The second-order valence-corrected chi connectivity index (χ2v) is 12.4. The van der Waals surface area contributed by atoms with E-state index in [0.29, 0.717) is 6.04 Å². The lowest BCUT2D eigenvalue weighted by Gasteiger charge is -2.16. The van der Waals surface area contributed by atoms with Crippen LogP contribution in [0, 0.1) is 0 Å². The fraction of sp³-hybridized carbons (Fsp3) is 0.500. The summed E-state index contributed by atoms with van der Waals surface area (Å²) in [6.07, 6.45) is 2.42. The summed E-state index contributed by atoms with van der Waals surface area (Å²) < 4.78 is 1.97. The largest absolute Gasteiger partial charge is 0.217 e. The number of rotatable bonds is 5. The summed E-state index contributed by atoms with van der Waals surface area (Å²) in [6, 6.07) is 9.59. The van der Waals surface area contributed by atoms with Crippen molar-refractivity contribution in [2.24, 2.45) is 0 Å². The second-order valence-electron chi connectivity index (χ2n) is 6.37. The van der Waals surface area contributed by atoms with Gasteiger partial charge in [-0.05, 0) is 28.8 Å². The minimum atomic E-state index is -1.19. The molecule has 0 radical (unpaired) electrons. The first-order chi connectivity index (χ1) is 9.54. The topological polar surface area (TPSA) is 43.6 Å². The summed E-state index contributed by atoms with van der Waals surface area (Å²) >= 11 is 1.73. The summed E-state index contributed by atoms with van der Waals surface area (Å²) in [7, 11) is -1.19. The van der Waals surface area contributed by atoms with Gasteiger partial charge in [0.25, 0.3) is 0 Å². The van der Waals surface area contributed by atoms with Gasteiger partial charge in [-0.3, -0.25) is 0 Å². The van der Waals surface area contributed by atoms with Crippen molar-refractivity contribution in [1.29, 1.82) is 0 Å². The van der Waals surface area contributed by atoms with Crippen molar-refractivity contribution in [3.8, 4) is 0 Å². The lowest BCUT2D eigenvalue weighted by Crippen LogP contribution is -2.37. The molecule has 1 aliphatic carbocycles. The quantitative estimate of drug-likeness (QED) is 0.629. The van der Waals surface area contributed by atoms with E-state index in [0.717, 1.165) is 10.9 Å². The molecule has 1 saturated carbocycles. The highest BCUT2D eigenvalue weighted by molar-refractivity contribution is 7.98. The molecule has 6 heteroatoms. The van der Waals surface area contributed by atoms with Gasteiger partial charge in [-0.1, -0.05) is 60.9 Å². The first-order valence-corrected chi connectivity index (χ1v) is 11.5. The summed E-state index contributed by atoms with van der Waals surface area (Å²) in [5.41, 5.74) is 1.34. The zero-order valence-corrected chi connectivity index (χ0v) is 14.0. The Kier molecular flexibility index (Phi) is 3.68. The van der Waals surface area contributed by atoms with E-state index in [2.05, 4.69) is 59.4 Å². The smallest absolute Gasteiger partial charge is 0.209 e. The standard InChI is InChI=1S/C14H20N4SSi/c1-20(2,3)13-8-4-11(5-9-13)10-19-14-15-16-17-18(14)12-6-7-12/h4-5,8-9,12H,6-7,10H2,1-3H3. The Morgan fingerprint density at radius 1 is 1.20 bits per heavy atom. The molecule has 2 aromatic rings. The average Bonchev–Trinajstić information content (AvgIpc) is 3.15. The first kappa shape index (κ1) is 13.8. The number of hydrogen-bond donors (Lipinski definition) is 0. The van der Waals surface area contributed by atoms with Gasteiger partial charge in [0.15, 0.2) is 0 Å². The summed E-state index contributed by atoms with van der Waals surface area (Å²) in [5.74, 6) is 0.930. The molecule has 1 aromatic carbocycles. The highest BCUT2D eigenvalue weighted by Gasteiger charge is 2.27. The average molecular weight is 304 g/mol. The number of aromatic nitrogens is 4. The molecule has 0 saturated heterocycles. The van der Waals surface area contributed by atoms with Crippen LogP contribution >= 0.6 is 11.8 Å². The Morgan fingerprint density at radius 2 is 1.90 bits per heavy atom. The van der Waals surface area contributed by atoms with Crippen LogP contribution in [0.4, 0.5) is 0 Å². The third kappa shape index (κ3) is 3.12. The molecule has 1 fully saturated rings.